The lowest BCUT2D eigenvalue weighted by Crippen LogP contribution is -2.52. The number of quaternary nitrogens is 1. The van der Waals surface area contributed by atoms with Gasteiger partial charge in [0.1, 0.15) is 13.2 Å². The summed E-state index contributed by atoms with van der Waals surface area (Å²) in [5, 5.41) is 0. The lowest BCUT2D eigenvalue weighted by molar-refractivity contribution is -0.913. The molecule has 0 amide bonds. The quantitative estimate of drug-likeness (QED) is 0.517. The number of carbonyl (C=O) groups excluding carboxylic acids is 2. The van der Waals surface area contributed by atoms with Gasteiger partial charge in [0.25, 0.3) is 0 Å². The molecule has 1 atom stereocenters. The Morgan fingerprint density at radius 3 is 2.00 bits per heavy atom. The Morgan fingerprint density at radius 1 is 1.12 bits per heavy atom. The maximum atomic E-state index is 11.0. The van der Waals surface area contributed by atoms with Gasteiger partial charge in [-0.2, -0.15) is 0 Å². The third-order valence-electron chi connectivity index (χ3n) is 2.88. The summed E-state index contributed by atoms with van der Waals surface area (Å²) in [5.41, 5.74) is 0. The van der Waals surface area contributed by atoms with Crippen LogP contribution in [-0.2, 0) is 19.1 Å². The van der Waals surface area contributed by atoms with Crippen molar-refractivity contribution in [1.29, 1.82) is 0 Å². The predicted molar refractivity (Wildman–Crippen MR) is 64.3 cm³/mol. The topological polar surface area (TPSA) is 52.6 Å². The van der Waals surface area contributed by atoms with E-state index in [0.717, 1.165) is 0 Å². The summed E-state index contributed by atoms with van der Waals surface area (Å²) in [6, 6.07) is 0.394. The van der Waals surface area contributed by atoms with Crippen LogP contribution in [0.15, 0.2) is 0 Å². The Balaban J connectivity index is 4.47. The summed E-state index contributed by atoms with van der Waals surface area (Å²) < 4.78 is 10.8. The smallest absolute Gasteiger partial charge is 0.303 e. The zero-order valence-electron chi connectivity index (χ0n) is 11.6. The van der Waals surface area contributed by atoms with E-state index in [2.05, 4.69) is 27.9 Å². The number of hydrogen-bond acceptors (Lipinski definition) is 4. The number of rotatable bonds is 6. The third kappa shape index (κ3) is 6.94. The second-order valence-corrected chi connectivity index (χ2v) is 5.09. The summed E-state index contributed by atoms with van der Waals surface area (Å²) >= 11 is 0. The molecule has 0 aliphatic heterocycles. The third-order valence-corrected chi connectivity index (χ3v) is 2.88. The Bertz CT molecular complexity index is 274. The zero-order valence-corrected chi connectivity index (χ0v) is 11.6. The van der Waals surface area contributed by atoms with E-state index in [9.17, 15) is 9.59 Å². The van der Waals surface area contributed by atoms with Crippen LogP contribution in [0.1, 0.15) is 27.7 Å². The molecule has 0 aliphatic rings. The molecule has 0 aromatic carbocycles. The molecular weight excluding hydrogens is 222 g/mol. The Morgan fingerprint density at radius 2 is 1.65 bits per heavy atom. The van der Waals surface area contributed by atoms with Crippen LogP contribution in [-0.4, -0.2) is 55.8 Å². The van der Waals surface area contributed by atoms with Crippen molar-refractivity contribution in [2.45, 2.75) is 39.8 Å². The Labute approximate surface area is 103 Å². The second-order valence-electron chi connectivity index (χ2n) is 5.09. The summed E-state index contributed by atoms with van der Waals surface area (Å²) in [6.45, 7) is 7.62. The first-order chi connectivity index (χ1) is 7.65. The second kappa shape index (κ2) is 6.59. The molecule has 0 bridgehead atoms. The average molecular weight is 246 g/mol. The van der Waals surface area contributed by atoms with Gasteiger partial charge < -0.3 is 14.0 Å². The van der Waals surface area contributed by atoms with Gasteiger partial charge in [-0.3, -0.25) is 9.59 Å². The lowest BCUT2D eigenvalue weighted by atomic mass is 10.2. The summed E-state index contributed by atoms with van der Waals surface area (Å²) in [6.07, 6.45) is -0.395. The molecule has 17 heavy (non-hydrogen) atoms. The minimum Gasteiger partial charge on any atom is -0.462 e. The molecule has 100 valence electrons. The van der Waals surface area contributed by atoms with Crippen molar-refractivity contribution >= 4 is 11.9 Å². The molecular formula is C12H24NO4+. The first kappa shape index (κ1) is 15.9. The number of nitrogens with zero attached hydrogens (tertiary/aromatic N) is 1. The van der Waals surface area contributed by atoms with E-state index in [1.54, 1.807) is 0 Å². The first-order valence-corrected chi connectivity index (χ1v) is 5.78. The van der Waals surface area contributed by atoms with Crippen molar-refractivity contribution in [2.75, 3.05) is 27.2 Å². The lowest BCUT2D eigenvalue weighted by Gasteiger charge is -2.36. The molecule has 0 saturated heterocycles. The summed E-state index contributed by atoms with van der Waals surface area (Å²) in [7, 11) is 4.10. The van der Waals surface area contributed by atoms with Gasteiger partial charge in [-0.05, 0) is 13.8 Å². The molecule has 1 unspecified atom stereocenters. The van der Waals surface area contributed by atoms with Crippen molar-refractivity contribution in [1.82, 2.24) is 0 Å². The molecule has 5 heteroatoms. The number of likely N-dealkylation sites (N-methyl/N-ethyl adjacent to an activating group) is 1. The van der Waals surface area contributed by atoms with Crippen LogP contribution in [0.5, 0.6) is 0 Å². The van der Waals surface area contributed by atoms with Gasteiger partial charge in [-0.25, -0.2) is 0 Å². The first-order valence-electron chi connectivity index (χ1n) is 5.78. The minimum atomic E-state index is -0.395. The Kier molecular flexibility index (Phi) is 6.16. The van der Waals surface area contributed by atoms with Crippen LogP contribution in [0.25, 0.3) is 0 Å². The van der Waals surface area contributed by atoms with Crippen LogP contribution < -0.4 is 0 Å². The molecule has 0 fully saturated rings. The highest BCUT2D eigenvalue weighted by atomic mass is 16.6. The van der Waals surface area contributed by atoms with Gasteiger partial charge in [0, 0.05) is 13.8 Å². The molecule has 0 aliphatic carbocycles. The molecule has 5 nitrogen and oxygen atoms in total. The molecule has 0 heterocycles. The number of esters is 2. The van der Waals surface area contributed by atoms with E-state index in [0.29, 0.717) is 17.1 Å². The average Bonchev–Trinajstić information content (AvgIpc) is 2.12. The van der Waals surface area contributed by atoms with E-state index in [1.807, 2.05) is 0 Å². The van der Waals surface area contributed by atoms with Crippen molar-refractivity contribution in [3.8, 4) is 0 Å². The van der Waals surface area contributed by atoms with Crippen molar-refractivity contribution in [2.24, 2.45) is 0 Å². The highest BCUT2D eigenvalue weighted by Crippen LogP contribution is 2.09. The summed E-state index contributed by atoms with van der Waals surface area (Å²) in [4.78, 5) is 21.8. The van der Waals surface area contributed by atoms with Crippen molar-refractivity contribution in [3.63, 3.8) is 0 Å². The molecule has 0 saturated carbocycles. The van der Waals surface area contributed by atoms with Gasteiger partial charge in [-0.15, -0.1) is 0 Å². The maximum Gasteiger partial charge on any atom is 0.303 e. The maximum absolute atomic E-state index is 11.0. The minimum absolute atomic E-state index is 0.114. The molecule has 0 radical (unpaired) electrons. The number of hydrogen-bond donors (Lipinski definition) is 0. The van der Waals surface area contributed by atoms with E-state index < -0.39 is 6.10 Å². The normalized spacial score (nSPS) is 13.4. The van der Waals surface area contributed by atoms with Gasteiger partial charge >= 0.3 is 11.9 Å². The van der Waals surface area contributed by atoms with Gasteiger partial charge in [0.05, 0.1) is 20.1 Å². The van der Waals surface area contributed by atoms with Gasteiger partial charge in [-0.1, -0.05) is 0 Å². The largest absolute Gasteiger partial charge is 0.462 e. The van der Waals surface area contributed by atoms with Crippen LogP contribution in [0, 0.1) is 0 Å². The fourth-order valence-corrected chi connectivity index (χ4v) is 1.30. The highest BCUT2D eigenvalue weighted by Gasteiger charge is 2.27. The fraction of sp³-hybridized carbons (Fsp3) is 0.833. The molecule has 0 spiro atoms. The van der Waals surface area contributed by atoms with E-state index in [1.165, 1.54) is 13.8 Å². The number of ether oxygens (including phenoxy) is 2. The van der Waals surface area contributed by atoms with Crippen LogP contribution in [0.2, 0.25) is 0 Å². The van der Waals surface area contributed by atoms with Crippen LogP contribution >= 0.6 is 0 Å². The predicted octanol–water partition coefficient (Wildman–Crippen LogP) is 0.966. The summed E-state index contributed by atoms with van der Waals surface area (Å²) in [5.74, 6) is -0.720. The van der Waals surface area contributed by atoms with Gasteiger partial charge in [0.2, 0.25) is 0 Å². The zero-order chi connectivity index (χ0) is 13.6. The molecule has 0 rings (SSSR count). The number of carbonyl (C=O) groups is 2. The van der Waals surface area contributed by atoms with E-state index in [-0.39, 0.29) is 18.5 Å². The highest BCUT2D eigenvalue weighted by molar-refractivity contribution is 5.67. The van der Waals surface area contributed by atoms with E-state index in [4.69, 9.17) is 9.47 Å². The molecule has 0 aromatic heterocycles. The molecule has 0 aromatic rings. The Hall–Kier alpha value is -1.10. The standard InChI is InChI=1S/C12H24NO4/c1-9(2)13(5,6)7-12(17-11(4)15)8-16-10(3)14/h9,12H,7-8H2,1-6H3/q+1. The van der Waals surface area contributed by atoms with Crippen LogP contribution in [0.3, 0.4) is 0 Å². The van der Waals surface area contributed by atoms with E-state index >= 15 is 0 Å². The van der Waals surface area contributed by atoms with Crippen molar-refractivity contribution in [3.05, 3.63) is 0 Å². The van der Waals surface area contributed by atoms with Crippen LogP contribution in [0.4, 0.5) is 0 Å². The fourth-order valence-electron chi connectivity index (χ4n) is 1.30. The molecule has 0 N–H and O–H groups in total. The SMILES string of the molecule is CC(=O)OCC(C[N+](C)(C)C(C)C)OC(C)=O. The van der Waals surface area contributed by atoms with Gasteiger partial charge in [0.15, 0.2) is 6.10 Å². The monoisotopic (exact) mass is 246 g/mol. The van der Waals surface area contributed by atoms with Crippen molar-refractivity contribution < 1.29 is 23.5 Å².